The van der Waals surface area contributed by atoms with Crippen LogP contribution in [0.15, 0.2) is 58.2 Å². The molecule has 0 atom stereocenters. The molecule has 0 spiro atoms. The Balaban J connectivity index is 1.29. The van der Waals surface area contributed by atoms with E-state index >= 15 is 0 Å². The van der Waals surface area contributed by atoms with Crippen LogP contribution in [0, 0.1) is 0 Å². The summed E-state index contributed by atoms with van der Waals surface area (Å²) in [7, 11) is -3.22. The second-order valence-corrected chi connectivity index (χ2v) is 10.1. The molecule has 0 fully saturated rings. The Morgan fingerprint density at radius 2 is 1.94 bits per heavy atom. The summed E-state index contributed by atoms with van der Waals surface area (Å²) in [6.45, 7) is 1.06. The highest BCUT2D eigenvalue weighted by atomic mass is 32.2. The zero-order chi connectivity index (χ0) is 22.7. The van der Waals surface area contributed by atoms with Gasteiger partial charge in [0.1, 0.15) is 6.61 Å². The number of nitrogens with zero attached hydrogens (tertiary/aromatic N) is 1. The number of hydrogen-bond donors (Lipinski definition) is 1. The van der Waals surface area contributed by atoms with Gasteiger partial charge in [0.25, 0.3) is 5.56 Å². The van der Waals surface area contributed by atoms with Gasteiger partial charge >= 0.3 is 0 Å². The van der Waals surface area contributed by atoms with E-state index in [2.05, 4.69) is 11.4 Å². The first-order chi connectivity index (χ1) is 15.3. The maximum absolute atomic E-state index is 12.8. The molecule has 0 aliphatic carbocycles. The van der Waals surface area contributed by atoms with Gasteiger partial charge < -0.3 is 14.6 Å². The summed E-state index contributed by atoms with van der Waals surface area (Å²) in [4.78, 5) is 25.2. The van der Waals surface area contributed by atoms with Crippen LogP contribution < -0.4 is 10.9 Å². The molecule has 0 saturated carbocycles. The molecule has 1 aliphatic rings. The maximum Gasteiger partial charge on any atom is 0.256 e. The highest BCUT2D eigenvalue weighted by Gasteiger charge is 2.16. The largest absolute Gasteiger partial charge is 0.367 e. The highest BCUT2D eigenvalue weighted by Crippen LogP contribution is 2.24. The van der Waals surface area contributed by atoms with E-state index in [1.165, 1.54) is 11.8 Å². The fraction of sp³-hybridized carbons (Fsp3) is 0.333. The lowest BCUT2D eigenvalue weighted by molar-refractivity contribution is -0.126. The van der Waals surface area contributed by atoms with Crippen molar-refractivity contribution in [3.05, 3.63) is 75.6 Å². The number of ether oxygens (including phenoxy) is 1. The number of aryl methyl sites for hydroxylation is 2. The Hall–Kier alpha value is -2.97. The third-order valence-electron chi connectivity index (χ3n) is 5.68. The Morgan fingerprint density at radius 1 is 1.16 bits per heavy atom. The van der Waals surface area contributed by atoms with Crippen molar-refractivity contribution in [2.45, 2.75) is 37.3 Å². The first-order valence-corrected chi connectivity index (χ1v) is 12.5. The van der Waals surface area contributed by atoms with Crippen molar-refractivity contribution >= 4 is 26.6 Å². The zero-order valence-electron chi connectivity index (χ0n) is 18.0. The van der Waals surface area contributed by atoms with Crippen molar-refractivity contribution in [1.82, 2.24) is 9.88 Å². The smallest absolute Gasteiger partial charge is 0.256 e. The van der Waals surface area contributed by atoms with Crippen LogP contribution >= 0.6 is 0 Å². The summed E-state index contributed by atoms with van der Waals surface area (Å²) in [5, 5.41) is 3.80. The predicted octanol–water partition coefficient (Wildman–Crippen LogP) is 2.23. The lowest BCUT2D eigenvalue weighted by atomic mass is 10.0. The van der Waals surface area contributed by atoms with Gasteiger partial charge in [0.15, 0.2) is 9.84 Å². The standard InChI is InChI=1S/C24H26N2O5S/c1-32(29,30)21-9-7-17(8-10-21)11-12-25-22(27)16-31-15-20-14-19-5-2-4-18-6-3-13-26(23(18)19)24(20)28/h2,4-5,7-10,14H,3,6,11-13,15-16H2,1H3,(H,25,27). The summed E-state index contributed by atoms with van der Waals surface area (Å²) in [5.41, 5.74) is 3.63. The molecule has 1 N–H and O–H groups in total. The van der Waals surface area contributed by atoms with E-state index in [1.54, 1.807) is 24.3 Å². The summed E-state index contributed by atoms with van der Waals surface area (Å²) < 4.78 is 30.3. The zero-order valence-corrected chi connectivity index (χ0v) is 18.8. The first-order valence-electron chi connectivity index (χ1n) is 10.6. The summed E-state index contributed by atoms with van der Waals surface area (Å²) in [5.74, 6) is -0.262. The number of carbonyl (C=O) groups is 1. The third-order valence-corrected chi connectivity index (χ3v) is 6.80. The number of benzene rings is 2. The Labute approximate surface area is 186 Å². The van der Waals surface area contributed by atoms with Crippen LogP contribution in [0.1, 0.15) is 23.1 Å². The molecular formula is C24H26N2O5S. The van der Waals surface area contributed by atoms with Crippen molar-refractivity contribution < 1.29 is 17.9 Å². The molecule has 8 heteroatoms. The second-order valence-electron chi connectivity index (χ2n) is 8.09. The SMILES string of the molecule is CS(=O)(=O)c1ccc(CCNC(=O)COCc2cc3cccc4c3n(c2=O)CCC4)cc1. The summed E-state index contributed by atoms with van der Waals surface area (Å²) >= 11 is 0. The van der Waals surface area contributed by atoms with Crippen molar-refractivity contribution in [2.24, 2.45) is 0 Å². The van der Waals surface area contributed by atoms with E-state index < -0.39 is 9.84 Å². The average molecular weight is 455 g/mol. The molecule has 7 nitrogen and oxygen atoms in total. The van der Waals surface area contributed by atoms with Gasteiger partial charge in [0.2, 0.25) is 5.91 Å². The maximum atomic E-state index is 12.8. The molecule has 1 aromatic heterocycles. The lowest BCUT2D eigenvalue weighted by Gasteiger charge is -2.20. The van der Waals surface area contributed by atoms with Gasteiger partial charge in [-0.15, -0.1) is 0 Å². The molecule has 2 heterocycles. The fourth-order valence-electron chi connectivity index (χ4n) is 4.08. The molecule has 4 rings (SSSR count). The number of nitrogens with one attached hydrogen (secondary N) is 1. The minimum Gasteiger partial charge on any atom is -0.367 e. The molecule has 1 amide bonds. The number of carbonyl (C=O) groups excluding carboxylic acids is 1. The molecule has 0 bridgehead atoms. The quantitative estimate of drug-likeness (QED) is 0.563. The van der Waals surface area contributed by atoms with E-state index in [0.717, 1.165) is 29.3 Å². The number of amides is 1. The third kappa shape index (κ3) is 4.92. The predicted molar refractivity (Wildman–Crippen MR) is 122 cm³/mol. The molecular weight excluding hydrogens is 428 g/mol. The molecule has 168 valence electrons. The van der Waals surface area contributed by atoms with Gasteiger partial charge in [-0.2, -0.15) is 0 Å². The molecule has 0 saturated heterocycles. The van der Waals surface area contributed by atoms with Gasteiger partial charge in [-0.3, -0.25) is 9.59 Å². The lowest BCUT2D eigenvalue weighted by Crippen LogP contribution is -2.31. The number of rotatable bonds is 8. The molecule has 3 aromatic rings. The van der Waals surface area contributed by atoms with Crippen LogP contribution in [0.3, 0.4) is 0 Å². The number of para-hydroxylation sites is 1. The van der Waals surface area contributed by atoms with E-state index in [-0.39, 0.29) is 29.6 Å². The van der Waals surface area contributed by atoms with Crippen LogP contribution in [0.25, 0.3) is 10.9 Å². The second kappa shape index (κ2) is 9.26. The van der Waals surface area contributed by atoms with Gasteiger partial charge in [0.05, 0.1) is 17.0 Å². The number of hydrogen-bond acceptors (Lipinski definition) is 5. The van der Waals surface area contributed by atoms with Crippen molar-refractivity contribution in [3.63, 3.8) is 0 Å². The monoisotopic (exact) mass is 454 g/mol. The summed E-state index contributed by atoms with van der Waals surface area (Å²) in [6, 6.07) is 14.5. The van der Waals surface area contributed by atoms with Crippen LogP contribution in [-0.2, 0) is 45.4 Å². The van der Waals surface area contributed by atoms with E-state index in [9.17, 15) is 18.0 Å². The highest BCUT2D eigenvalue weighted by molar-refractivity contribution is 7.90. The van der Waals surface area contributed by atoms with E-state index in [1.807, 2.05) is 22.8 Å². The fourth-order valence-corrected chi connectivity index (χ4v) is 4.71. The molecule has 2 aromatic carbocycles. The molecule has 1 aliphatic heterocycles. The van der Waals surface area contributed by atoms with Gasteiger partial charge in [-0.05, 0) is 54.0 Å². The summed E-state index contributed by atoms with van der Waals surface area (Å²) in [6.07, 6.45) is 3.67. The van der Waals surface area contributed by atoms with Crippen molar-refractivity contribution in [1.29, 1.82) is 0 Å². The van der Waals surface area contributed by atoms with Gasteiger partial charge in [-0.1, -0.05) is 30.3 Å². The molecule has 0 unspecified atom stereocenters. The average Bonchev–Trinajstić information content (AvgIpc) is 2.77. The van der Waals surface area contributed by atoms with E-state index in [0.29, 0.717) is 25.1 Å². The van der Waals surface area contributed by atoms with Gasteiger partial charge in [-0.25, -0.2) is 8.42 Å². The first kappa shape index (κ1) is 22.2. The van der Waals surface area contributed by atoms with Crippen LogP contribution in [0.2, 0.25) is 0 Å². The number of sulfone groups is 1. The Morgan fingerprint density at radius 3 is 2.69 bits per heavy atom. The molecule has 0 radical (unpaired) electrons. The van der Waals surface area contributed by atoms with Crippen LogP contribution in [-0.4, -0.2) is 38.3 Å². The number of pyridine rings is 1. The van der Waals surface area contributed by atoms with Crippen molar-refractivity contribution in [3.8, 4) is 0 Å². The molecule has 32 heavy (non-hydrogen) atoms. The minimum atomic E-state index is -3.22. The van der Waals surface area contributed by atoms with Crippen LogP contribution in [0.5, 0.6) is 0 Å². The van der Waals surface area contributed by atoms with E-state index in [4.69, 9.17) is 4.74 Å². The van der Waals surface area contributed by atoms with Crippen molar-refractivity contribution in [2.75, 3.05) is 19.4 Å². The van der Waals surface area contributed by atoms with Gasteiger partial charge in [0, 0.05) is 24.9 Å². The minimum absolute atomic E-state index is 0.0531. The topological polar surface area (TPSA) is 94.5 Å². The Bertz CT molecular complexity index is 1310. The number of aromatic nitrogens is 1. The normalized spacial score (nSPS) is 13.3. The Kier molecular flexibility index (Phi) is 6.43. The van der Waals surface area contributed by atoms with Crippen LogP contribution in [0.4, 0.5) is 0 Å².